The van der Waals surface area contributed by atoms with Gasteiger partial charge in [0.15, 0.2) is 0 Å². The molecule has 216 valence electrons. The zero-order valence-corrected chi connectivity index (χ0v) is 24.1. The summed E-state index contributed by atoms with van der Waals surface area (Å²) in [5.74, 6) is -1.77. The highest BCUT2D eigenvalue weighted by atomic mass is 16.5. The maximum atomic E-state index is 13.5. The van der Waals surface area contributed by atoms with Gasteiger partial charge in [-0.1, -0.05) is 78.9 Å². The molecule has 0 unspecified atom stereocenters. The molecule has 0 aliphatic heterocycles. The van der Waals surface area contributed by atoms with Crippen LogP contribution in [-0.4, -0.2) is 47.4 Å². The Labute approximate surface area is 241 Å². The maximum absolute atomic E-state index is 13.5. The van der Waals surface area contributed by atoms with Crippen molar-refractivity contribution in [1.29, 1.82) is 0 Å². The largest absolute Gasteiger partial charge is 0.481 e. The van der Waals surface area contributed by atoms with E-state index >= 15 is 0 Å². The highest BCUT2D eigenvalue weighted by Gasteiger charge is 2.46. The fourth-order valence-electron chi connectivity index (χ4n) is 4.87. The molecule has 0 radical (unpaired) electrons. The van der Waals surface area contributed by atoms with Crippen molar-refractivity contribution in [3.05, 3.63) is 95.6 Å². The molecule has 2 atom stereocenters. The minimum absolute atomic E-state index is 0.0883. The molecule has 0 heterocycles. The summed E-state index contributed by atoms with van der Waals surface area (Å²) in [6, 6.07) is 24.4. The number of carboxylic acids is 1. The van der Waals surface area contributed by atoms with Crippen LogP contribution in [0.3, 0.4) is 0 Å². The first kappa shape index (κ1) is 29.8. The van der Waals surface area contributed by atoms with Crippen molar-refractivity contribution >= 4 is 18.0 Å². The van der Waals surface area contributed by atoms with Crippen molar-refractivity contribution in [2.24, 2.45) is 5.41 Å². The molecule has 0 aromatic heterocycles. The van der Waals surface area contributed by atoms with E-state index in [-0.39, 0.29) is 19.1 Å². The Morgan fingerprint density at radius 2 is 1.39 bits per heavy atom. The SMILES string of the molecule is C[C@H](OCc1ccccc1)[C@@H](NC(=O)OCC1c2ccccc2-c2ccccc21)C(=O)NC(C)(C)C(C)(C)C(=O)O. The summed E-state index contributed by atoms with van der Waals surface area (Å²) in [5, 5.41) is 15.2. The minimum atomic E-state index is -1.29. The average Bonchev–Trinajstić information content (AvgIpc) is 3.27. The monoisotopic (exact) mass is 558 g/mol. The number of hydrogen-bond acceptors (Lipinski definition) is 5. The van der Waals surface area contributed by atoms with Gasteiger partial charge in [-0.25, -0.2) is 4.79 Å². The van der Waals surface area contributed by atoms with Crippen molar-refractivity contribution in [1.82, 2.24) is 10.6 Å². The first-order chi connectivity index (χ1) is 19.4. The van der Waals surface area contributed by atoms with E-state index < -0.39 is 41.1 Å². The Morgan fingerprint density at radius 1 is 0.854 bits per heavy atom. The average molecular weight is 559 g/mol. The van der Waals surface area contributed by atoms with Crippen LogP contribution < -0.4 is 10.6 Å². The Balaban J connectivity index is 1.49. The summed E-state index contributed by atoms with van der Waals surface area (Å²) in [6.45, 7) is 8.36. The third-order valence-electron chi connectivity index (χ3n) is 8.26. The Bertz CT molecular complexity index is 1360. The number of nitrogens with one attached hydrogen (secondary N) is 2. The van der Waals surface area contributed by atoms with E-state index in [0.29, 0.717) is 0 Å². The smallest absolute Gasteiger partial charge is 0.407 e. The number of amides is 2. The maximum Gasteiger partial charge on any atom is 0.407 e. The lowest BCUT2D eigenvalue weighted by Gasteiger charge is -2.40. The van der Waals surface area contributed by atoms with Crippen LogP contribution in [0.4, 0.5) is 4.79 Å². The molecule has 2 amide bonds. The lowest BCUT2D eigenvalue weighted by Crippen LogP contribution is -2.62. The lowest BCUT2D eigenvalue weighted by molar-refractivity contribution is -0.152. The van der Waals surface area contributed by atoms with Crippen molar-refractivity contribution in [3.8, 4) is 11.1 Å². The van der Waals surface area contributed by atoms with Gasteiger partial charge in [-0.3, -0.25) is 9.59 Å². The number of aliphatic carboxylic acids is 1. The highest BCUT2D eigenvalue weighted by molar-refractivity contribution is 5.88. The predicted molar refractivity (Wildman–Crippen MR) is 156 cm³/mol. The number of ether oxygens (including phenoxy) is 2. The van der Waals surface area contributed by atoms with Crippen molar-refractivity contribution in [2.45, 2.75) is 64.8 Å². The van der Waals surface area contributed by atoms with E-state index in [9.17, 15) is 19.5 Å². The molecule has 8 heteroatoms. The summed E-state index contributed by atoms with van der Waals surface area (Å²) in [6.07, 6.45) is -1.52. The normalized spacial score (nSPS) is 14.4. The number of rotatable bonds is 11. The molecule has 41 heavy (non-hydrogen) atoms. The second kappa shape index (κ2) is 12.1. The molecule has 0 saturated heterocycles. The van der Waals surface area contributed by atoms with Gasteiger partial charge in [0.1, 0.15) is 12.6 Å². The van der Waals surface area contributed by atoms with E-state index in [1.54, 1.807) is 34.6 Å². The van der Waals surface area contributed by atoms with Gasteiger partial charge in [0, 0.05) is 5.92 Å². The number of alkyl carbamates (subject to hydrolysis) is 1. The zero-order chi connectivity index (χ0) is 29.8. The van der Waals surface area contributed by atoms with Crippen LogP contribution in [0.15, 0.2) is 78.9 Å². The summed E-state index contributed by atoms with van der Waals surface area (Å²) in [5.41, 5.74) is 2.86. The van der Waals surface area contributed by atoms with Crippen LogP contribution in [-0.2, 0) is 25.7 Å². The van der Waals surface area contributed by atoms with Gasteiger partial charge >= 0.3 is 12.1 Å². The third kappa shape index (κ3) is 6.43. The molecule has 0 saturated carbocycles. The molecular weight excluding hydrogens is 520 g/mol. The first-order valence-corrected chi connectivity index (χ1v) is 13.7. The molecule has 4 rings (SSSR count). The number of carbonyl (C=O) groups excluding carboxylic acids is 2. The number of benzene rings is 3. The van der Waals surface area contributed by atoms with Crippen LogP contribution >= 0.6 is 0 Å². The van der Waals surface area contributed by atoms with E-state index in [0.717, 1.165) is 27.8 Å². The second-order valence-electron chi connectivity index (χ2n) is 11.5. The number of hydrogen-bond donors (Lipinski definition) is 3. The van der Waals surface area contributed by atoms with Crippen LogP contribution in [0.5, 0.6) is 0 Å². The summed E-state index contributed by atoms with van der Waals surface area (Å²) >= 11 is 0. The third-order valence-corrected chi connectivity index (χ3v) is 8.26. The summed E-state index contributed by atoms with van der Waals surface area (Å²) in [4.78, 5) is 38.6. The van der Waals surface area contributed by atoms with E-state index in [2.05, 4.69) is 22.8 Å². The van der Waals surface area contributed by atoms with Gasteiger partial charge in [0.2, 0.25) is 5.91 Å². The Kier molecular flexibility index (Phi) is 8.83. The van der Waals surface area contributed by atoms with Gasteiger partial charge < -0.3 is 25.2 Å². The second-order valence-corrected chi connectivity index (χ2v) is 11.5. The molecule has 1 aliphatic carbocycles. The number of fused-ring (bicyclic) bond motifs is 3. The van der Waals surface area contributed by atoms with Crippen LogP contribution in [0.25, 0.3) is 11.1 Å². The van der Waals surface area contributed by atoms with Gasteiger partial charge in [-0.2, -0.15) is 0 Å². The topological polar surface area (TPSA) is 114 Å². The van der Waals surface area contributed by atoms with Crippen LogP contribution in [0.1, 0.15) is 57.2 Å². The van der Waals surface area contributed by atoms with E-state index in [1.807, 2.05) is 66.7 Å². The quantitative estimate of drug-likeness (QED) is 0.286. The highest BCUT2D eigenvalue weighted by Crippen LogP contribution is 2.44. The fraction of sp³-hybridized carbons (Fsp3) is 0.364. The number of carboxylic acid groups (broad SMARTS) is 1. The first-order valence-electron chi connectivity index (χ1n) is 13.7. The zero-order valence-electron chi connectivity index (χ0n) is 24.1. The molecule has 1 aliphatic rings. The predicted octanol–water partition coefficient (Wildman–Crippen LogP) is 5.50. The molecule has 3 aromatic rings. The van der Waals surface area contributed by atoms with Gasteiger partial charge in [0.25, 0.3) is 0 Å². The molecule has 0 spiro atoms. The molecule has 3 N–H and O–H groups in total. The van der Waals surface area contributed by atoms with Crippen molar-refractivity contribution < 1.29 is 29.0 Å². The molecular formula is C33H38N2O6. The summed E-state index contributed by atoms with van der Waals surface area (Å²) < 4.78 is 11.7. The van der Waals surface area contributed by atoms with E-state index in [1.165, 1.54) is 0 Å². The Hall–Kier alpha value is -4.17. The van der Waals surface area contributed by atoms with Crippen LogP contribution in [0, 0.1) is 5.41 Å². The number of carbonyl (C=O) groups is 3. The molecule has 8 nitrogen and oxygen atoms in total. The summed E-state index contributed by atoms with van der Waals surface area (Å²) in [7, 11) is 0. The van der Waals surface area contributed by atoms with Crippen LogP contribution in [0.2, 0.25) is 0 Å². The van der Waals surface area contributed by atoms with Crippen molar-refractivity contribution in [3.63, 3.8) is 0 Å². The minimum Gasteiger partial charge on any atom is -0.481 e. The Morgan fingerprint density at radius 3 is 1.95 bits per heavy atom. The van der Waals surface area contributed by atoms with E-state index in [4.69, 9.17) is 9.47 Å². The van der Waals surface area contributed by atoms with Gasteiger partial charge in [-0.15, -0.1) is 0 Å². The standard InChI is InChI=1S/C33H38N2O6/c1-21(40-19-22-13-7-6-8-14-22)28(29(36)35-33(4,5)32(2,3)30(37)38)34-31(39)41-20-27-25-17-11-9-15-23(25)24-16-10-12-18-26(24)27/h6-18,21,27-28H,19-20H2,1-5H3,(H,34,39)(H,35,36)(H,37,38)/t21-,28+/m0/s1. The fourth-order valence-corrected chi connectivity index (χ4v) is 4.87. The van der Waals surface area contributed by atoms with Crippen molar-refractivity contribution in [2.75, 3.05) is 6.61 Å². The van der Waals surface area contributed by atoms with Gasteiger partial charge in [-0.05, 0) is 62.4 Å². The lowest BCUT2D eigenvalue weighted by atomic mass is 9.74. The molecule has 0 bridgehead atoms. The van der Waals surface area contributed by atoms with Gasteiger partial charge in [0.05, 0.1) is 23.7 Å². The molecule has 3 aromatic carbocycles. The molecule has 0 fully saturated rings.